The van der Waals surface area contributed by atoms with Crippen LogP contribution >= 0.6 is 23.4 Å². The van der Waals surface area contributed by atoms with Crippen LogP contribution in [0.2, 0.25) is 5.02 Å². The maximum Gasteiger partial charge on any atom is 0.251 e. The first kappa shape index (κ1) is 17.3. The molecule has 0 bridgehead atoms. The maximum absolute atomic E-state index is 12.1. The summed E-state index contributed by atoms with van der Waals surface area (Å²) in [7, 11) is 1.75. The van der Waals surface area contributed by atoms with Gasteiger partial charge >= 0.3 is 0 Å². The van der Waals surface area contributed by atoms with Crippen LogP contribution in [0.15, 0.2) is 59.8 Å². The second kappa shape index (κ2) is 7.58. The molecule has 128 valence electrons. The summed E-state index contributed by atoms with van der Waals surface area (Å²) in [6, 6.07) is 14.2. The first-order valence-electron chi connectivity index (χ1n) is 7.44. The van der Waals surface area contributed by atoms with E-state index in [-0.39, 0.29) is 11.7 Å². The molecule has 0 radical (unpaired) electrons. The van der Waals surface area contributed by atoms with Crippen molar-refractivity contribution in [3.8, 4) is 11.3 Å². The Balaban J connectivity index is 1.65. The zero-order valence-corrected chi connectivity index (χ0v) is 14.9. The summed E-state index contributed by atoms with van der Waals surface area (Å²) in [6.07, 6.45) is 1.40. The summed E-state index contributed by atoms with van der Waals surface area (Å²) < 4.78 is 2.34. The number of anilines is 1. The lowest BCUT2D eigenvalue weighted by atomic mass is 10.1. The second-order valence-electron chi connectivity index (χ2n) is 5.25. The molecule has 0 aliphatic heterocycles. The van der Waals surface area contributed by atoms with E-state index in [0.29, 0.717) is 15.9 Å². The highest BCUT2D eigenvalue weighted by Crippen LogP contribution is 2.23. The normalized spacial score (nSPS) is 10.6. The lowest BCUT2D eigenvalue weighted by molar-refractivity contribution is -0.645. The standard InChI is InChI=1S/C17H15ClN4O2S/c1-21-15(10-14(20-21)12-5-7-13(18)8-6-12)19-16(23)11-25-17-4-2-3-9-22(17)24/h2-10H,11H2,1H3,(H,19,23). The van der Waals surface area contributed by atoms with Gasteiger partial charge in [0.15, 0.2) is 6.20 Å². The van der Waals surface area contributed by atoms with E-state index >= 15 is 0 Å². The van der Waals surface area contributed by atoms with Crippen molar-refractivity contribution in [1.29, 1.82) is 0 Å². The highest BCUT2D eigenvalue weighted by Gasteiger charge is 2.12. The fraction of sp³-hybridized carbons (Fsp3) is 0.118. The van der Waals surface area contributed by atoms with Gasteiger partial charge in [-0.3, -0.25) is 9.48 Å². The summed E-state index contributed by atoms with van der Waals surface area (Å²) in [5, 5.41) is 19.9. The Morgan fingerprint density at radius 2 is 2.08 bits per heavy atom. The maximum atomic E-state index is 12.1. The van der Waals surface area contributed by atoms with Crippen LogP contribution in [0.1, 0.15) is 0 Å². The van der Waals surface area contributed by atoms with Gasteiger partial charge in [-0.25, -0.2) is 0 Å². The topological polar surface area (TPSA) is 73.9 Å². The number of nitrogens with zero attached hydrogens (tertiary/aromatic N) is 3. The third-order valence-corrected chi connectivity index (χ3v) is 4.70. The Labute approximate surface area is 154 Å². The molecule has 3 aromatic rings. The van der Waals surface area contributed by atoms with Gasteiger partial charge in [0.25, 0.3) is 5.03 Å². The number of aryl methyl sites for hydroxylation is 1. The first-order valence-corrected chi connectivity index (χ1v) is 8.80. The van der Waals surface area contributed by atoms with E-state index in [4.69, 9.17) is 11.6 Å². The highest BCUT2D eigenvalue weighted by atomic mass is 35.5. The largest absolute Gasteiger partial charge is 0.618 e. The molecule has 0 atom stereocenters. The molecule has 0 saturated heterocycles. The number of rotatable bonds is 5. The molecule has 0 fully saturated rings. The number of benzene rings is 1. The Bertz CT molecular complexity index is 896. The molecule has 0 spiro atoms. The molecule has 2 heterocycles. The van der Waals surface area contributed by atoms with Crippen molar-refractivity contribution in [2.45, 2.75) is 5.03 Å². The molecule has 3 rings (SSSR count). The molecule has 1 aromatic carbocycles. The number of nitrogens with one attached hydrogen (secondary N) is 1. The van der Waals surface area contributed by atoms with Crippen molar-refractivity contribution in [3.63, 3.8) is 0 Å². The Kier molecular flexibility index (Phi) is 5.25. The van der Waals surface area contributed by atoms with Gasteiger partial charge in [0, 0.05) is 35.8 Å². The molecule has 0 saturated carbocycles. The average Bonchev–Trinajstić information content (AvgIpc) is 2.95. The number of hydrogen-bond donors (Lipinski definition) is 1. The van der Waals surface area contributed by atoms with E-state index in [9.17, 15) is 10.0 Å². The summed E-state index contributed by atoms with van der Waals surface area (Å²) >= 11 is 7.07. The predicted molar refractivity (Wildman–Crippen MR) is 98.4 cm³/mol. The zero-order chi connectivity index (χ0) is 17.8. The predicted octanol–water partition coefficient (Wildman–Crippen LogP) is 3.10. The SMILES string of the molecule is Cn1nc(-c2ccc(Cl)cc2)cc1NC(=O)CSc1cccc[n+]1[O-]. The molecule has 0 aliphatic carbocycles. The van der Waals surface area contributed by atoms with Gasteiger partial charge < -0.3 is 10.5 Å². The molecule has 6 nitrogen and oxygen atoms in total. The number of carbonyl (C=O) groups is 1. The Morgan fingerprint density at radius 3 is 2.80 bits per heavy atom. The van der Waals surface area contributed by atoms with Crippen molar-refractivity contribution < 1.29 is 9.52 Å². The van der Waals surface area contributed by atoms with Gasteiger partial charge in [0.05, 0.1) is 11.4 Å². The van der Waals surface area contributed by atoms with Crippen LogP contribution in [-0.4, -0.2) is 21.4 Å². The minimum absolute atomic E-state index is 0.133. The van der Waals surface area contributed by atoms with Crippen molar-refractivity contribution >= 4 is 35.1 Å². The molecular weight excluding hydrogens is 360 g/mol. The van der Waals surface area contributed by atoms with Gasteiger partial charge in [-0.2, -0.15) is 9.83 Å². The number of hydrogen-bond acceptors (Lipinski definition) is 4. The fourth-order valence-corrected chi connectivity index (χ4v) is 3.03. The van der Waals surface area contributed by atoms with E-state index < -0.39 is 0 Å². The Morgan fingerprint density at radius 1 is 1.32 bits per heavy atom. The quantitative estimate of drug-likeness (QED) is 0.423. The van der Waals surface area contributed by atoms with Crippen molar-refractivity contribution in [3.05, 3.63) is 65.0 Å². The molecule has 8 heteroatoms. The Hall–Kier alpha value is -2.51. The average molecular weight is 375 g/mol. The number of aromatic nitrogens is 3. The van der Waals surface area contributed by atoms with Crippen LogP contribution in [0.25, 0.3) is 11.3 Å². The fourth-order valence-electron chi connectivity index (χ4n) is 2.19. The number of halogens is 1. The second-order valence-corrected chi connectivity index (χ2v) is 6.68. The van der Waals surface area contributed by atoms with Crippen molar-refractivity contribution in [2.75, 3.05) is 11.1 Å². The third-order valence-electron chi connectivity index (χ3n) is 3.43. The first-order chi connectivity index (χ1) is 12.0. The number of amides is 1. The zero-order valence-electron chi connectivity index (χ0n) is 13.3. The van der Waals surface area contributed by atoms with E-state index in [2.05, 4.69) is 10.4 Å². The smallest absolute Gasteiger partial charge is 0.251 e. The molecule has 1 N–H and O–H groups in total. The number of thioether (sulfide) groups is 1. The minimum Gasteiger partial charge on any atom is -0.618 e. The molecule has 1 amide bonds. The highest BCUT2D eigenvalue weighted by molar-refractivity contribution is 7.99. The van der Waals surface area contributed by atoms with Gasteiger partial charge in [0.2, 0.25) is 5.91 Å². The van der Waals surface area contributed by atoms with E-state index in [0.717, 1.165) is 16.0 Å². The molecule has 0 aliphatic rings. The number of carbonyl (C=O) groups excluding carboxylic acids is 1. The summed E-state index contributed by atoms with van der Waals surface area (Å²) in [4.78, 5) is 12.1. The van der Waals surface area contributed by atoms with Crippen molar-refractivity contribution in [2.24, 2.45) is 7.05 Å². The van der Waals surface area contributed by atoms with Gasteiger partial charge in [-0.05, 0) is 30.0 Å². The summed E-state index contributed by atoms with van der Waals surface area (Å²) in [5.41, 5.74) is 1.65. The monoisotopic (exact) mass is 374 g/mol. The van der Waals surface area contributed by atoms with Crippen LogP contribution in [0.4, 0.5) is 5.82 Å². The summed E-state index contributed by atoms with van der Waals surface area (Å²) in [6.45, 7) is 0. The summed E-state index contributed by atoms with van der Waals surface area (Å²) in [5.74, 6) is 0.506. The molecule has 2 aromatic heterocycles. The van der Waals surface area contributed by atoms with Crippen LogP contribution in [0, 0.1) is 5.21 Å². The lowest BCUT2D eigenvalue weighted by Crippen LogP contribution is -2.28. The molecule has 0 unspecified atom stereocenters. The number of pyridine rings is 1. The molecule has 25 heavy (non-hydrogen) atoms. The van der Waals surface area contributed by atoms with E-state index in [1.54, 1.807) is 48.1 Å². The van der Waals surface area contributed by atoms with Crippen LogP contribution < -0.4 is 10.0 Å². The van der Waals surface area contributed by atoms with Crippen LogP contribution in [0.5, 0.6) is 0 Å². The van der Waals surface area contributed by atoms with E-state index in [1.165, 1.54) is 18.0 Å². The molecular formula is C17H15ClN4O2S. The minimum atomic E-state index is -0.209. The van der Waals surface area contributed by atoms with Crippen LogP contribution in [0.3, 0.4) is 0 Å². The van der Waals surface area contributed by atoms with E-state index in [1.807, 2.05) is 12.1 Å². The lowest BCUT2D eigenvalue weighted by Gasteiger charge is -2.05. The van der Waals surface area contributed by atoms with Crippen molar-refractivity contribution in [1.82, 2.24) is 9.78 Å². The van der Waals surface area contributed by atoms with Gasteiger partial charge in [0.1, 0.15) is 5.82 Å². The van der Waals surface area contributed by atoms with Gasteiger partial charge in [-0.15, -0.1) is 0 Å². The van der Waals surface area contributed by atoms with Gasteiger partial charge in [-0.1, -0.05) is 23.7 Å². The van der Waals surface area contributed by atoms with Crippen LogP contribution in [-0.2, 0) is 11.8 Å². The third kappa shape index (κ3) is 4.32.